The first-order valence-electron chi connectivity index (χ1n) is 6.73. The number of nitrogens with zero attached hydrogens (tertiary/aromatic N) is 3. The Kier molecular flexibility index (Phi) is 3.03. The highest BCUT2D eigenvalue weighted by molar-refractivity contribution is 5.80. The monoisotopic (exact) mass is 269 g/mol. The summed E-state index contributed by atoms with van der Waals surface area (Å²) in [7, 11) is 0. The Morgan fingerprint density at radius 2 is 2.21 bits per heavy atom. The molecule has 1 aromatic rings. The van der Waals surface area contributed by atoms with Crippen LogP contribution in [0.15, 0.2) is 12.5 Å². The highest BCUT2D eigenvalue weighted by Crippen LogP contribution is 2.39. The van der Waals surface area contributed by atoms with E-state index in [4.69, 9.17) is 0 Å². The Labute approximate surface area is 110 Å². The van der Waals surface area contributed by atoms with Gasteiger partial charge in [0.15, 0.2) is 0 Å². The number of hydrogen-bond donors (Lipinski definition) is 0. The van der Waals surface area contributed by atoms with Gasteiger partial charge in [-0.05, 0) is 12.8 Å². The van der Waals surface area contributed by atoms with Crippen molar-refractivity contribution in [3.8, 4) is 0 Å². The summed E-state index contributed by atoms with van der Waals surface area (Å²) in [5.74, 6) is -4.36. The number of hydrogen-bond acceptors (Lipinski definition) is 2. The van der Waals surface area contributed by atoms with Crippen LogP contribution in [0.25, 0.3) is 0 Å². The van der Waals surface area contributed by atoms with E-state index in [0.717, 1.165) is 12.1 Å². The fourth-order valence-corrected chi connectivity index (χ4v) is 2.99. The first-order chi connectivity index (χ1) is 9.08. The first-order valence-corrected chi connectivity index (χ1v) is 6.73. The molecular formula is C13H17F2N3O. The number of carbonyl (C=O) groups excluding carboxylic acids is 1. The summed E-state index contributed by atoms with van der Waals surface area (Å²) in [6, 6.07) is 0. The number of alkyl halides is 2. The topological polar surface area (TPSA) is 38.1 Å². The molecule has 0 saturated heterocycles. The predicted molar refractivity (Wildman–Crippen MR) is 64.5 cm³/mol. The standard InChI is InChI=1S/C13H17F2N3O/c14-13(15)4-2-1-3-11(13)12(19)17-5-6-18-9-16-7-10(18)8-17/h7,9,11H,1-6,8H2. The third-order valence-electron chi connectivity index (χ3n) is 4.13. The molecule has 0 radical (unpaired) electrons. The Balaban J connectivity index is 1.74. The molecule has 2 aliphatic rings. The van der Waals surface area contributed by atoms with Crippen LogP contribution in [0.2, 0.25) is 0 Å². The second-order valence-corrected chi connectivity index (χ2v) is 5.40. The van der Waals surface area contributed by atoms with E-state index in [9.17, 15) is 13.6 Å². The average molecular weight is 269 g/mol. The van der Waals surface area contributed by atoms with E-state index in [-0.39, 0.29) is 6.42 Å². The van der Waals surface area contributed by atoms with Gasteiger partial charge in [0.2, 0.25) is 5.91 Å². The third kappa shape index (κ3) is 2.24. The van der Waals surface area contributed by atoms with Gasteiger partial charge in [0, 0.05) is 25.7 Å². The summed E-state index contributed by atoms with van der Waals surface area (Å²) in [5.41, 5.74) is 0.915. The van der Waals surface area contributed by atoms with Crippen LogP contribution in [0.5, 0.6) is 0 Å². The summed E-state index contributed by atoms with van der Waals surface area (Å²) in [4.78, 5) is 17.9. The van der Waals surface area contributed by atoms with Crippen LogP contribution in [-0.2, 0) is 17.9 Å². The molecule has 1 saturated carbocycles. The van der Waals surface area contributed by atoms with E-state index in [0.29, 0.717) is 32.5 Å². The maximum Gasteiger partial charge on any atom is 0.259 e. The molecule has 0 spiro atoms. The number of carbonyl (C=O) groups is 1. The van der Waals surface area contributed by atoms with Crippen molar-refractivity contribution in [2.45, 2.75) is 44.7 Å². The predicted octanol–water partition coefficient (Wildman–Crippen LogP) is 2.05. The Morgan fingerprint density at radius 3 is 3.00 bits per heavy atom. The summed E-state index contributed by atoms with van der Waals surface area (Å²) in [5, 5.41) is 0. The zero-order valence-electron chi connectivity index (χ0n) is 10.7. The van der Waals surface area contributed by atoms with Gasteiger partial charge in [-0.2, -0.15) is 0 Å². The van der Waals surface area contributed by atoms with E-state index in [1.54, 1.807) is 17.4 Å². The minimum absolute atomic E-state index is 0.158. The van der Waals surface area contributed by atoms with Crippen LogP contribution in [0.3, 0.4) is 0 Å². The number of aromatic nitrogens is 2. The Bertz CT molecular complexity index is 486. The largest absolute Gasteiger partial charge is 0.335 e. The molecule has 1 aromatic heterocycles. The number of halogens is 2. The van der Waals surface area contributed by atoms with Crippen molar-refractivity contribution in [1.82, 2.24) is 14.5 Å². The summed E-state index contributed by atoms with van der Waals surface area (Å²) in [6.45, 7) is 1.53. The quantitative estimate of drug-likeness (QED) is 0.782. The van der Waals surface area contributed by atoms with Crippen molar-refractivity contribution >= 4 is 5.91 Å². The minimum Gasteiger partial charge on any atom is -0.335 e. The lowest BCUT2D eigenvalue weighted by Gasteiger charge is -2.36. The molecule has 1 aliphatic carbocycles. The number of imidazole rings is 1. The van der Waals surface area contributed by atoms with Gasteiger partial charge in [0.25, 0.3) is 5.92 Å². The number of amides is 1. The zero-order valence-corrected chi connectivity index (χ0v) is 10.7. The summed E-state index contributed by atoms with van der Waals surface area (Å²) in [6.07, 6.45) is 4.79. The van der Waals surface area contributed by atoms with E-state index in [1.165, 1.54) is 0 Å². The van der Waals surface area contributed by atoms with Gasteiger partial charge < -0.3 is 9.47 Å². The van der Waals surface area contributed by atoms with Crippen molar-refractivity contribution in [2.24, 2.45) is 5.92 Å². The molecule has 104 valence electrons. The lowest BCUT2D eigenvalue weighted by Crippen LogP contribution is -2.47. The highest BCUT2D eigenvalue weighted by Gasteiger charge is 2.47. The van der Waals surface area contributed by atoms with Crippen molar-refractivity contribution in [2.75, 3.05) is 6.54 Å². The van der Waals surface area contributed by atoms with E-state index in [1.807, 2.05) is 4.57 Å². The van der Waals surface area contributed by atoms with Crippen LogP contribution in [0, 0.1) is 5.92 Å². The lowest BCUT2D eigenvalue weighted by atomic mass is 9.84. The van der Waals surface area contributed by atoms with Crippen molar-refractivity contribution in [1.29, 1.82) is 0 Å². The van der Waals surface area contributed by atoms with Crippen LogP contribution in [0.1, 0.15) is 31.4 Å². The molecule has 0 bridgehead atoms. The molecule has 0 aromatic carbocycles. The number of rotatable bonds is 1. The normalized spacial score (nSPS) is 26.0. The molecule has 0 N–H and O–H groups in total. The first kappa shape index (κ1) is 12.6. The molecule has 1 atom stereocenters. The van der Waals surface area contributed by atoms with Crippen LogP contribution in [0.4, 0.5) is 8.78 Å². The smallest absolute Gasteiger partial charge is 0.259 e. The molecule has 19 heavy (non-hydrogen) atoms. The molecule has 3 rings (SSSR count). The molecule has 1 unspecified atom stereocenters. The molecule has 1 amide bonds. The van der Waals surface area contributed by atoms with E-state index < -0.39 is 17.7 Å². The third-order valence-corrected chi connectivity index (χ3v) is 4.13. The maximum absolute atomic E-state index is 13.8. The summed E-state index contributed by atoms with van der Waals surface area (Å²) >= 11 is 0. The fraction of sp³-hybridized carbons (Fsp3) is 0.692. The van der Waals surface area contributed by atoms with E-state index in [2.05, 4.69) is 4.98 Å². The van der Waals surface area contributed by atoms with Crippen LogP contribution < -0.4 is 0 Å². The van der Waals surface area contributed by atoms with Gasteiger partial charge in [-0.15, -0.1) is 0 Å². The Hall–Kier alpha value is -1.46. The molecule has 4 nitrogen and oxygen atoms in total. The van der Waals surface area contributed by atoms with Gasteiger partial charge in [-0.1, -0.05) is 6.42 Å². The summed E-state index contributed by atoms with van der Waals surface area (Å²) < 4.78 is 29.7. The van der Waals surface area contributed by atoms with E-state index >= 15 is 0 Å². The molecular weight excluding hydrogens is 252 g/mol. The van der Waals surface area contributed by atoms with Crippen LogP contribution in [-0.4, -0.2) is 32.8 Å². The van der Waals surface area contributed by atoms with Crippen molar-refractivity contribution in [3.05, 3.63) is 18.2 Å². The molecule has 2 heterocycles. The van der Waals surface area contributed by atoms with Crippen LogP contribution >= 0.6 is 0 Å². The fourth-order valence-electron chi connectivity index (χ4n) is 2.99. The van der Waals surface area contributed by atoms with Gasteiger partial charge in [0.1, 0.15) is 5.92 Å². The lowest BCUT2D eigenvalue weighted by molar-refractivity contribution is -0.157. The molecule has 6 heteroatoms. The SMILES string of the molecule is O=C(C1CCCCC1(F)F)N1CCn2cncc2C1. The molecule has 1 aliphatic heterocycles. The second kappa shape index (κ2) is 4.58. The second-order valence-electron chi connectivity index (χ2n) is 5.40. The van der Waals surface area contributed by atoms with Gasteiger partial charge in [-0.25, -0.2) is 13.8 Å². The zero-order chi connectivity index (χ0) is 13.5. The highest BCUT2D eigenvalue weighted by atomic mass is 19.3. The Morgan fingerprint density at radius 1 is 1.37 bits per heavy atom. The van der Waals surface area contributed by atoms with Crippen molar-refractivity contribution in [3.63, 3.8) is 0 Å². The van der Waals surface area contributed by atoms with Gasteiger partial charge >= 0.3 is 0 Å². The van der Waals surface area contributed by atoms with Crippen molar-refractivity contribution < 1.29 is 13.6 Å². The average Bonchev–Trinajstić information content (AvgIpc) is 2.84. The minimum atomic E-state index is -2.84. The number of fused-ring (bicyclic) bond motifs is 1. The maximum atomic E-state index is 13.8. The van der Waals surface area contributed by atoms with Gasteiger partial charge in [-0.3, -0.25) is 4.79 Å². The van der Waals surface area contributed by atoms with Gasteiger partial charge in [0.05, 0.1) is 18.6 Å². The molecule has 1 fully saturated rings.